The van der Waals surface area contributed by atoms with Crippen LogP contribution in [0.15, 0.2) is 18.2 Å². The van der Waals surface area contributed by atoms with Crippen LogP contribution in [0.2, 0.25) is 0 Å². The fourth-order valence-corrected chi connectivity index (χ4v) is 3.41. The van der Waals surface area contributed by atoms with Gasteiger partial charge in [0.15, 0.2) is 0 Å². The molecule has 1 aliphatic carbocycles. The predicted molar refractivity (Wildman–Crippen MR) is 86.2 cm³/mol. The van der Waals surface area contributed by atoms with Crippen LogP contribution in [0.5, 0.6) is 0 Å². The minimum absolute atomic E-state index is 0.727. The normalized spacial score (nSPS) is 22.8. The van der Waals surface area contributed by atoms with Crippen LogP contribution in [0.4, 0.5) is 5.69 Å². The van der Waals surface area contributed by atoms with E-state index >= 15 is 0 Å². The highest BCUT2D eigenvalue weighted by atomic mass is 15.2. The van der Waals surface area contributed by atoms with Gasteiger partial charge >= 0.3 is 0 Å². The molecule has 2 nitrogen and oxygen atoms in total. The number of rotatable bonds is 5. The number of aryl methyl sites for hydroxylation is 1. The monoisotopic (exact) mass is 272 g/mol. The summed E-state index contributed by atoms with van der Waals surface area (Å²) in [5.41, 5.74) is 4.32. The first kappa shape index (κ1) is 13.9. The van der Waals surface area contributed by atoms with Crippen molar-refractivity contribution in [1.82, 2.24) is 5.32 Å². The van der Waals surface area contributed by atoms with E-state index in [1.807, 2.05) is 0 Å². The van der Waals surface area contributed by atoms with Gasteiger partial charge in [-0.2, -0.15) is 0 Å². The maximum Gasteiger partial charge on any atom is 0.0371 e. The van der Waals surface area contributed by atoms with Crippen molar-refractivity contribution >= 4 is 5.69 Å². The Morgan fingerprint density at radius 2 is 2.05 bits per heavy atom. The summed E-state index contributed by atoms with van der Waals surface area (Å²) in [6.07, 6.45) is 5.41. The highest BCUT2D eigenvalue weighted by molar-refractivity contribution is 5.52. The first-order chi connectivity index (χ1) is 9.65. The number of benzene rings is 1. The molecule has 3 rings (SSSR count). The molecule has 1 N–H and O–H groups in total. The first-order valence-corrected chi connectivity index (χ1v) is 8.24. The molecule has 2 heteroatoms. The Hall–Kier alpha value is -1.02. The van der Waals surface area contributed by atoms with Crippen LogP contribution in [0, 0.1) is 12.8 Å². The third-order valence-corrected chi connectivity index (χ3v) is 4.89. The highest BCUT2D eigenvalue weighted by Gasteiger charge is 2.27. The number of hydrogen-bond donors (Lipinski definition) is 1. The van der Waals surface area contributed by atoms with Gasteiger partial charge in [0.1, 0.15) is 0 Å². The maximum atomic E-state index is 3.62. The van der Waals surface area contributed by atoms with Gasteiger partial charge in [-0.25, -0.2) is 0 Å². The molecule has 1 unspecified atom stereocenters. The Kier molecular flexibility index (Phi) is 4.02. The van der Waals surface area contributed by atoms with Gasteiger partial charge in [0.25, 0.3) is 0 Å². The Bertz CT molecular complexity index is 462. The Labute approximate surface area is 123 Å². The van der Waals surface area contributed by atoms with Gasteiger partial charge < -0.3 is 10.2 Å². The molecule has 2 fully saturated rings. The predicted octanol–water partition coefficient (Wildman–Crippen LogP) is 3.87. The number of nitrogens with one attached hydrogen (secondary N) is 1. The van der Waals surface area contributed by atoms with Crippen LogP contribution in [-0.4, -0.2) is 18.6 Å². The summed E-state index contributed by atoms with van der Waals surface area (Å²) in [6.45, 7) is 9.22. The summed E-state index contributed by atoms with van der Waals surface area (Å²) in [4.78, 5) is 2.62. The highest BCUT2D eigenvalue weighted by Crippen LogP contribution is 2.31. The first-order valence-electron chi connectivity index (χ1n) is 8.24. The van der Waals surface area contributed by atoms with Crippen molar-refractivity contribution in [2.45, 2.75) is 65.1 Å². The third kappa shape index (κ3) is 3.01. The molecule has 0 amide bonds. The van der Waals surface area contributed by atoms with Gasteiger partial charge in [0.05, 0.1) is 0 Å². The van der Waals surface area contributed by atoms with Gasteiger partial charge in [-0.1, -0.05) is 19.9 Å². The molecule has 110 valence electrons. The molecule has 20 heavy (non-hydrogen) atoms. The van der Waals surface area contributed by atoms with Crippen molar-refractivity contribution in [1.29, 1.82) is 0 Å². The van der Waals surface area contributed by atoms with Gasteiger partial charge in [0.2, 0.25) is 0 Å². The van der Waals surface area contributed by atoms with Gasteiger partial charge in [0, 0.05) is 30.9 Å². The molecule has 1 heterocycles. The van der Waals surface area contributed by atoms with E-state index in [0.29, 0.717) is 0 Å². The topological polar surface area (TPSA) is 15.3 Å². The van der Waals surface area contributed by atoms with Crippen molar-refractivity contribution < 1.29 is 0 Å². The number of hydrogen-bond acceptors (Lipinski definition) is 2. The van der Waals surface area contributed by atoms with E-state index < -0.39 is 0 Å². The zero-order valence-electron chi connectivity index (χ0n) is 13.2. The fraction of sp³-hybridized carbons (Fsp3) is 0.667. The lowest BCUT2D eigenvalue weighted by molar-refractivity contribution is 0.492. The molecule has 1 aromatic rings. The van der Waals surface area contributed by atoms with Crippen LogP contribution in [-0.2, 0) is 6.54 Å². The fourth-order valence-electron chi connectivity index (χ4n) is 3.41. The Morgan fingerprint density at radius 3 is 2.70 bits per heavy atom. The number of nitrogens with zero attached hydrogens (tertiary/aromatic N) is 1. The van der Waals surface area contributed by atoms with Gasteiger partial charge in [-0.15, -0.1) is 0 Å². The van der Waals surface area contributed by atoms with Crippen LogP contribution in [0.25, 0.3) is 0 Å². The second kappa shape index (κ2) is 5.77. The summed E-state index contributed by atoms with van der Waals surface area (Å²) in [5.74, 6) is 0.744. The molecule has 1 aliphatic heterocycles. The van der Waals surface area contributed by atoms with Crippen molar-refractivity contribution in [3.63, 3.8) is 0 Å². The van der Waals surface area contributed by atoms with E-state index in [2.05, 4.69) is 49.2 Å². The lowest BCUT2D eigenvalue weighted by Crippen LogP contribution is -2.33. The Morgan fingerprint density at radius 1 is 1.25 bits per heavy atom. The van der Waals surface area contributed by atoms with Gasteiger partial charge in [-0.05, 0) is 61.8 Å². The zero-order valence-corrected chi connectivity index (χ0v) is 13.2. The van der Waals surface area contributed by atoms with Crippen molar-refractivity contribution in [2.24, 2.45) is 5.92 Å². The molecule has 2 aliphatic rings. The zero-order chi connectivity index (χ0) is 14.1. The summed E-state index contributed by atoms with van der Waals surface area (Å²) < 4.78 is 0. The average Bonchev–Trinajstić information content (AvgIpc) is 3.11. The summed E-state index contributed by atoms with van der Waals surface area (Å²) in [5, 5.41) is 3.62. The molecular weight excluding hydrogens is 244 g/mol. The van der Waals surface area contributed by atoms with E-state index in [9.17, 15) is 0 Å². The van der Waals surface area contributed by atoms with E-state index in [4.69, 9.17) is 0 Å². The van der Waals surface area contributed by atoms with E-state index in [1.54, 1.807) is 0 Å². The molecule has 0 spiro atoms. The summed E-state index contributed by atoms with van der Waals surface area (Å²) in [7, 11) is 0. The quantitative estimate of drug-likeness (QED) is 0.875. The molecule has 0 bridgehead atoms. The molecule has 1 atom stereocenters. The molecule has 0 radical (unpaired) electrons. The minimum atomic E-state index is 0.727. The smallest absolute Gasteiger partial charge is 0.0371 e. The standard InChI is InChI=1S/C18H28N2/c1-13(2)18-5-4-10-20(18)17-9-6-15(14(3)11-17)12-19-16-7-8-16/h6,9,11,13,16,18-19H,4-5,7-8,10,12H2,1-3H3. The average molecular weight is 272 g/mol. The summed E-state index contributed by atoms with van der Waals surface area (Å²) in [6, 6.07) is 8.57. The summed E-state index contributed by atoms with van der Waals surface area (Å²) >= 11 is 0. The third-order valence-electron chi connectivity index (χ3n) is 4.89. The molecule has 1 aromatic carbocycles. The Balaban J connectivity index is 1.71. The molecule has 1 saturated heterocycles. The van der Waals surface area contributed by atoms with Crippen molar-refractivity contribution in [2.75, 3.05) is 11.4 Å². The maximum absolute atomic E-state index is 3.62. The lowest BCUT2D eigenvalue weighted by atomic mass is 10.0. The molecular formula is C18H28N2. The second-order valence-corrected chi connectivity index (χ2v) is 6.91. The molecule has 1 saturated carbocycles. The second-order valence-electron chi connectivity index (χ2n) is 6.91. The van der Waals surface area contributed by atoms with Crippen LogP contribution in [0.3, 0.4) is 0 Å². The van der Waals surface area contributed by atoms with Crippen molar-refractivity contribution in [3.05, 3.63) is 29.3 Å². The van der Waals surface area contributed by atoms with Crippen LogP contribution >= 0.6 is 0 Å². The lowest BCUT2D eigenvalue weighted by Gasteiger charge is -2.30. The largest absolute Gasteiger partial charge is 0.368 e. The molecule has 0 aromatic heterocycles. The van der Waals surface area contributed by atoms with E-state index in [-0.39, 0.29) is 0 Å². The van der Waals surface area contributed by atoms with Crippen molar-refractivity contribution in [3.8, 4) is 0 Å². The van der Waals surface area contributed by atoms with Crippen LogP contribution in [0.1, 0.15) is 50.7 Å². The SMILES string of the molecule is Cc1cc(N2CCCC2C(C)C)ccc1CNC1CC1. The number of anilines is 1. The van der Waals surface area contributed by atoms with Crippen LogP contribution < -0.4 is 10.2 Å². The van der Waals surface area contributed by atoms with E-state index in [0.717, 1.165) is 24.5 Å². The van der Waals surface area contributed by atoms with E-state index in [1.165, 1.54) is 49.0 Å². The van der Waals surface area contributed by atoms with Gasteiger partial charge in [-0.3, -0.25) is 0 Å². The minimum Gasteiger partial charge on any atom is -0.368 e.